The number of nitrogens with zero attached hydrogens (tertiary/aromatic N) is 4. The van der Waals surface area contributed by atoms with E-state index in [1.54, 1.807) is 13.3 Å². The molecule has 2 N–H and O–H groups in total. The molecule has 1 atom stereocenters. The molecule has 1 saturated heterocycles. The van der Waals surface area contributed by atoms with Gasteiger partial charge in [0.25, 0.3) is 0 Å². The van der Waals surface area contributed by atoms with E-state index in [1.807, 2.05) is 13.0 Å². The molecule has 0 saturated carbocycles. The Hall–Kier alpha value is -2.35. The van der Waals surface area contributed by atoms with E-state index in [0.717, 1.165) is 31.4 Å². The lowest BCUT2D eigenvalue weighted by atomic mass is 10.1. The number of nitrogens with one attached hydrogen (secondary N) is 2. The van der Waals surface area contributed by atoms with Gasteiger partial charge in [-0.3, -0.25) is 9.89 Å². The van der Waals surface area contributed by atoms with Crippen LogP contribution in [0.5, 0.6) is 0 Å². The van der Waals surface area contributed by atoms with E-state index < -0.39 is 0 Å². The van der Waals surface area contributed by atoms with Crippen molar-refractivity contribution in [3.63, 3.8) is 0 Å². The molecule has 1 unspecified atom stereocenters. The van der Waals surface area contributed by atoms with Gasteiger partial charge >= 0.3 is 0 Å². The minimum atomic E-state index is 0.211. The van der Waals surface area contributed by atoms with E-state index in [0.29, 0.717) is 24.7 Å². The second-order valence-electron chi connectivity index (χ2n) is 6.49. The number of hydrogen-bond acceptors (Lipinski definition) is 6. The first-order valence-corrected chi connectivity index (χ1v) is 9.27. The number of hydrogen-bond donors (Lipinski definition) is 2. The van der Waals surface area contributed by atoms with Crippen molar-refractivity contribution in [2.24, 2.45) is 4.99 Å². The summed E-state index contributed by atoms with van der Waals surface area (Å²) in [7, 11) is 1.77. The minimum Gasteiger partial charge on any atom is -0.468 e. The van der Waals surface area contributed by atoms with Crippen molar-refractivity contribution in [1.29, 1.82) is 0 Å². The van der Waals surface area contributed by atoms with Crippen molar-refractivity contribution >= 4 is 5.96 Å². The zero-order chi connectivity index (χ0) is 18.2. The third-order valence-electron chi connectivity index (χ3n) is 4.59. The highest BCUT2D eigenvalue weighted by molar-refractivity contribution is 5.79. The second-order valence-corrected chi connectivity index (χ2v) is 6.49. The number of piperidine rings is 1. The molecular formula is C18H28N6O2. The second kappa shape index (κ2) is 9.38. The third-order valence-corrected chi connectivity index (χ3v) is 4.59. The lowest BCUT2D eigenvalue weighted by molar-refractivity contribution is 0.146. The highest BCUT2D eigenvalue weighted by atomic mass is 16.5. The van der Waals surface area contributed by atoms with Crippen LogP contribution >= 0.6 is 0 Å². The van der Waals surface area contributed by atoms with Crippen LogP contribution in [-0.4, -0.2) is 54.2 Å². The molecule has 8 nitrogen and oxygen atoms in total. The topological polar surface area (TPSA) is 91.7 Å². The molecule has 1 aliphatic rings. The van der Waals surface area contributed by atoms with Gasteiger partial charge < -0.3 is 19.6 Å². The SMILES string of the molecule is CN=C(NCCc1nc(C)no1)NCC(c1ccco1)N1CCCCC1. The largest absolute Gasteiger partial charge is 0.468 e. The molecule has 1 fully saturated rings. The molecule has 26 heavy (non-hydrogen) atoms. The van der Waals surface area contributed by atoms with Gasteiger partial charge in [0.15, 0.2) is 11.8 Å². The first kappa shape index (κ1) is 18.4. The highest BCUT2D eigenvalue weighted by Gasteiger charge is 2.24. The van der Waals surface area contributed by atoms with E-state index in [9.17, 15) is 0 Å². The van der Waals surface area contributed by atoms with Crippen molar-refractivity contribution in [3.05, 3.63) is 35.9 Å². The Bertz CT molecular complexity index is 676. The summed E-state index contributed by atoms with van der Waals surface area (Å²) in [5, 5.41) is 10.5. The van der Waals surface area contributed by atoms with Crippen LogP contribution in [0.1, 0.15) is 42.8 Å². The fourth-order valence-corrected chi connectivity index (χ4v) is 3.26. The van der Waals surface area contributed by atoms with Crippen LogP contribution < -0.4 is 10.6 Å². The van der Waals surface area contributed by atoms with Gasteiger partial charge in [-0.1, -0.05) is 11.6 Å². The van der Waals surface area contributed by atoms with Crippen LogP contribution in [0, 0.1) is 6.92 Å². The zero-order valence-electron chi connectivity index (χ0n) is 15.6. The molecule has 0 aromatic carbocycles. The number of likely N-dealkylation sites (tertiary alicyclic amines) is 1. The number of furan rings is 1. The van der Waals surface area contributed by atoms with Gasteiger partial charge in [0.05, 0.1) is 12.3 Å². The highest BCUT2D eigenvalue weighted by Crippen LogP contribution is 2.24. The summed E-state index contributed by atoms with van der Waals surface area (Å²) >= 11 is 0. The summed E-state index contributed by atoms with van der Waals surface area (Å²) in [6.45, 7) is 5.45. The summed E-state index contributed by atoms with van der Waals surface area (Å²) in [6.07, 6.45) is 6.20. The third kappa shape index (κ3) is 5.08. The van der Waals surface area contributed by atoms with Crippen LogP contribution in [0.25, 0.3) is 0 Å². The summed E-state index contributed by atoms with van der Waals surface area (Å²) in [6, 6.07) is 4.21. The molecule has 0 bridgehead atoms. The predicted molar refractivity (Wildman–Crippen MR) is 99.0 cm³/mol. The van der Waals surface area contributed by atoms with Crippen molar-refractivity contribution in [3.8, 4) is 0 Å². The minimum absolute atomic E-state index is 0.211. The fourth-order valence-electron chi connectivity index (χ4n) is 3.26. The van der Waals surface area contributed by atoms with Gasteiger partial charge in [0.2, 0.25) is 5.89 Å². The number of aryl methyl sites for hydroxylation is 1. The quantitative estimate of drug-likeness (QED) is 0.575. The number of guanidine groups is 1. The van der Waals surface area contributed by atoms with Crippen molar-refractivity contribution in [2.45, 2.75) is 38.6 Å². The van der Waals surface area contributed by atoms with E-state index in [-0.39, 0.29) is 6.04 Å². The van der Waals surface area contributed by atoms with Crippen molar-refractivity contribution in [1.82, 2.24) is 25.7 Å². The predicted octanol–water partition coefficient (Wildman–Crippen LogP) is 1.91. The first-order chi connectivity index (χ1) is 12.8. The molecule has 0 aliphatic carbocycles. The standard InChI is InChI=1S/C18H28N6O2/c1-14-22-17(26-23-14)8-9-20-18(19-2)21-13-15(16-7-6-12-25-16)24-10-4-3-5-11-24/h6-7,12,15H,3-5,8-11,13H2,1-2H3,(H2,19,20,21). The average molecular weight is 360 g/mol. The van der Waals surface area contributed by atoms with E-state index in [1.165, 1.54) is 19.3 Å². The summed E-state index contributed by atoms with van der Waals surface area (Å²) in [4.78, 5) is 11.0. The van der Waals surface area contributed by atoms with Gasteiger partial charge in [-0.25, -0.2) is 0 Å². The Morgan fingerprint density at radius 2 is 2.15 bits per heavy atom. The van der Waals surface area contributed by atoms with Crippen LogP contribution in [-0.2, 0) is 6.42 Å². The summed E-state index contributed by atoms with van der Waals surface area (Å²) < 4.78 is 10.8. The molecule has 0 spiro atoms. The maximum absolute atomic E-state index is 5.69. The molecule has 1 aliphatic heterocycles. The number of aromatic nitrogens is 2. The molecule has 0 amide bonds. The summed E-state index contributed by atoms with van der Waals surface area (Å²) in [5.74, 6) is 3.04. The smallest absolute Gasteiger partial charge is 0.228 e. The normalized spacial score (nSPS) is 17.2. The Labute approximate surface area is 154 Å². The monoisotopic (exact) mass is 360 g/mol. The molecule has 3 heterocycles. The Morgan fingerprint density at radius 1 is 1.31 bits per heavy atom. The van der Waals surface area contributed by atoms with Gasteiger partial charge in [-0.05, 0) is 45.0 Å². The average Bonchev–Trinajstić information content (AvgIpc) is 3.33. The Morgan fingerprint density at radius 3 is 2.81 bits per heavy atom. The summed E-state index contributed by atoms with van der Waals surface area (Å²) in [5.41, 5.74) is 0. The van der Waals surface area contributed by atoms with Crippen molar-refractivity contribution < 1.29 is 8.94 Å². The first-order valence-electron chi connectivity index (χ1n) is 9.27. The maximum atomic E-state index is 5.69. The number of aliphatic imine (C=N–C) groups is 1. The molecule has 3 rings (SSSR count). The van der Waals surface area contributed by atoms with Crippen LogP contribution in [0.3, 0.4) is 0 Å². The van der Waals surface area contributed by atoms with Gasteiger partial charge in [0.1, 0.15) is 5.76 Å². The van der Waals surface area contributed by atoms with Gasteiger partial charge in [0, 0.05) is 26.6 Å². The fraction of sp³-hybridized carbons (Fsp3) is 0.611. The van der Waals surface area contributed by atoms with E-state index in [2.05, 4.69) is 36.7 Å². The molecule has 8 heteroatoms. The van der Waals surface area contributed by atoms with Crippen LogP contribution in [0.4, 0.5) is 0 Å². The van der Waals surface area contributed by atoms with Gasteiger partial charge in [-0.2, -0.15) is 4.98 Å². The lowest BCUT2D eigenvalue weighted by Crippen LogP contribution is -2.44. The Kier molecular flexibility index (Phi) is 6.65. The van der Waals surface area contributed by atoms with E-state index in [4.69, 9.17) is 8.94 Å². The van der Waals surface area contributed by atoms with Gasteiger partial charge in [-0.15, -0.1) is 0 Å². The van der Waals surface area contributed by atoms with Crippen molar-refractivity contribution in [2.75, 3.05) is 33.2 Å². The molecular weight excluding hydrogens is 332 g/mol. The molecule has 2 aromatic rings. The van der Waals surface area contributed by atoms with E-state index >= 15 is 0 Å². The number of rotatable bonds is 7. The molecule has 142 valence electrons. The Balaban J connectivity index is 1.51. The van der Waals surface area contributed by atoms with Crippen LogP contribution in [0.15, 0.2) is 32.3 Å². The lowest BCUT2D eigenvalue weighted by Gasteiger charge is -2.33. The maximum Gasteiger partial charge on any atom is 0.228 e. The molecule has 0 radical (unpaired) electrons. The zero-order valence-corrected chi connectivity index (χ0v) is 15.6. The molecule has 2 aromatic heterocycles. The van der Waals surface area contributed by atoms with Crippen LogP contribution in [0.2, 0.25) is 0 Å².